The summed E-state index contributed by atoms with van der Waals surface area (Å²) in [6.07, 6.45) is 4.65. The van der Waals surface area contributed by atoms with Gasteiger partial charge in [0.1, 0.15) is 5.75 Å². The van der Waals surface area contributed by atoms with Crippen molar-refractivity contribution in [3.63, 3.8) is 0 Å². The van der Waals surface area contributed by atoms with Crippen LogP contribution < -0.4 is 10.1 Å². The Morgan fingerprint density at radius 1 is 1.11 bits per heavy atom. The molecule has 0 fully saturated rings. The molecule has 1 aromatic heterocycles. The van der Waals surface area contributed by atoms with Crippen LogP contribution in [0, 0.1) is 0 Å². The first-order chi connectivity index (χ1) is 13.0. The first-order valence-electron chi connectivity index (χ1n) is 8.89. The first kappa shape index (κ1) is 20.7. The third kappa shape index (κ3) is 5.44. The van der Waals surface area contributed by atoms with Crippen molar-refractivity contribution in [2.75, 3.05) is 25.5 Å². The van der Waals surface area contributed by atoms with Gasteiger partial charge in [-0.15, -0.1) is 0 Å². The van der Waals surface area contributed by atoms with E-state index in [-0.39, 0.29) is 11.5 Å². The summed E-state index contributed by atoms with van der Waals surface area (Å²) >= 11 is 5.99. The molecule has 0 aliphatic rings. The molecular formula is C20H24ClN3O3. The normalized spacial score (nSPS) is 10.4. The fourth-order valence-electron chi connectivity index (χ4n) is 2.69. The van der Waals surface area contributed by atoms with Gasteiger partial charge in [0.25, 0.3) is 11.8 Å². The standard InChI is InChI=1S/C20H24ClN3O3/c1-4-8-24(9-5-2)20(26)15-10-14(12-22-13-15)19(25)23-17-11-16(21)6-7-18(17)27-3/h6-7,10-13H,4-5,8-9H2,1-3H3,(H,23,25). The maximum atomic E-state index is 12.7. The number of benzene rings is 1. The minimum atomic E-state index is -0.393. The largest absolute Gasteiger partial charge is 0.495 e. The Balaban J connectivity index is 2.22. The van der Waals surface area contributed by atoms with Gasteiger partial charge in [-0.3, -0.25) is 14.6 Å². The zero-order valence-corrected chi connectivity index (χ0v) is 16.5. The van der Waals surface area contributed by atoms with Gasteiger partial charge < -0.3 is 15.0 Å². The van der Waals surface area contributed by atoms with Crippen LogP contribution in [0.3, 0.4) is 0 Å². The van der Waals surface area contributed by atoms with Crippen LogP contribution in [0.25, 0.3) is 0 Å². The molecule has 7 heteroatoms. The van der Waals surface area contributed by atoms with E-state index in [0.29, 0.717) is 35.1 Å². The molecule has 2 rings (SSSR count). The van der Waals surface area contributed by atoms with Crippen LogP contribution in [-0.4, -0.2) is 41.9 Å². The van der Waals surface area contributed by atoms with Crippen molar-refractivity contribution in [2.45, 2.75) is 26.7 Å². The summed E-state index contributed by atoms with van der Waals surface area (Å²) in [5.74, 6) is -0.0264. The molecule has 27 heavy (non-hydrogen) atoms. The zero-order chi connectivity index (χ0) is 19.8. The Kier molecular flexibility index (Phi) is 7.61. The number of carbonyl (C=O) groups excluding carboxylic acids is 2. The van der Waals surface area contributed by atoms with Gasteiger partial charge in [-0.05, 0) is 37.1 Å². The lowest BCUT2D eigenvalue weighted by Gasteiger charge is -2.21. The van der Waals surface area contributed by atoms with Gasteiger partial charge in [-0.1, -0.05) is 25.4 Å². The van der Waals surface area contributed by atoms with E-state index in [1.165, 1.54) is 19.5 Å². The lowest BCUT2D eigenvalue weighted by atomic mass is 10.1. The molecule has 0 bridgehead atoms. The molecule has 0 saturated carbocycles. The van der Waals surface area contributed by atoms with Gasteiger partial charge in [-0.2, -0.15) is 0 Å². The second kappa shape index (κ2) is 9.92. The average Bonchev–Trinajstić information content (AvgIpc) is 2.67. The van der Waals surface area contributed by atoms with Crippen LogP contribution in [-0.2, 0) is 0 Å². The van der Waals surface area contributed by atoms with E-state index in [0.717, 1.165) is 12.8 Å². The van der Waals surface area contributed by atoms with Crippen LogP contribution in [0.15, 0.2) is 36.7 Å². The number of rotatable bonds is 8. The number of carbonyl (C=O) groups is 2. The number of amides is 2. The Bertz CT molecular complexity index is 805. The number of methoxy groups -OCH3 is 1. The van der Waals surface area contributed by atoms with Gasteiger partial charge in [0, 0.05) is 30.5 Å². The van der Waals surface area contributed by atoms with Crippen molar-refractivity contribution in [3.8, 4) is 5.75 Å². The SMILES string of the molecule is CCCN(CCC)C(=O)c1cncc(C(=O)Nc2cc(Cl)ccc2OC)c1. The summed E-state index contributed by atoms with van der Waals surface area (Å²) in [4.78, 5) is 31.2. The molecule has 0 saturated heterocycles. The molecule has 0 unspecified atom stereocenters. The number of pyridine rings is 1. The molecule has 1 N–H and O–H groups in total. The highest BCUT2D eigenvalue weighted by Gasteiger charge is 2.17. The van der Waals surface area contributed by atoms with Crippen LogP contribution in [0.4, 0.5) is 5.69 Å². The molecule has 6 nitrogen and oxygen atoms in total. The molecule has 1 aromatic carbocycles. The van der Waals surface area contributed by atoms with E-state index < -0.39 is 5.91 Å². The summed E-state index contributed by atoms with van der Waals surface area (Å²) in [7, 11) is 1.51. The number of halogens is 1. The molecule has 0 spiro atoms. The van der Waals surface area contributed by atoms with E-state index in [4.69, 9.17) is 16.3 Å². The maximum Gasteiger partial charge on any atom is 0.257 e. The number of nitrogens with one attached hydrogen (secondary N) is 1. The predicted octanol–water partition coefficient (Wildman–Crippen LogP) is 4.26. The van der Waals surface area contributed by atoms with E-state index in [2.05, 4.69) is 10.3 Å². The molecule has 1 heterocycles. The Hall–Kier alpha value is -2.60. The Morgan fingerprint density at radius 3 is 2.41 bits per heavy atom. The van der Waals surface area contributed by atoms with Crippen LogP contribution in [0.1, 0.15) is 47.4 Å². The summed E-state index contributed by atoms with van der Waals surface area (Å²) < 4.78 is 5.23. The van der Waals surface area contributed by atoms with Crippen molar-refractivity contribution in [3.05, 3.63) is 52.8 Å². The fourth-order valence-corrected chi connectivity index (χ4v) is 2.86. The van der Waals surface area contributed by atoms with E-state index in [1.807, 2.05) is 13.8 Å². The molecule has 0 aliphatic carbocycles. The lowest BCUT2D eigenvalue weighted by molar-refractivity contribution is 0.0755. The molecule has 0 aliphatic heterocycles. The minimum Gasteiger partial charge on any atom is -0.495 e. The van der Waals surface area contributed by atoms with Crippen LogP contribution in [0.5, 0.6) is 5.75 Å². The molecule has 144 valence electrons. The van der Waals surface area contributed by atoms with Crippen molar-refractivity contribution in [1.82, 2.24) is 9.88 Å². The molecule has 2 amide bonds. The second-order valence-corrected chi connectivity index (χ2v) is 6.49. The summed E-state index contributed by atoms with van der Waals surface area (Å²) in [6, 6.07) is 6.50. The van der Waals surface area contributed by atoms with Crippen molar-refractivity contribution in [1.29, 1.82) is 0 Å². The van der Waals surface area contributed by atoms with E-state index in [1.54, 1.807) is 29.2 Å². The third-order valence-corrected chi connectivity index (χ3v) is 4.17. The monoisotopic (exact) mass is 389 g/mol. The van der Waals surface area contributed by atoms with Gasteiger partial charge in [0.05, 0.1) is 23.9 Å². The molecule has 2 aromatic rings. The van der Waals surface area contributed by atoms with E-state index in [9.17, 15) is 9.59 Å². The van der Waals surface area contributed by atoms with Gasteiger partial charge >= 0.3 is 0 Å². The first-order valence-corrected chi connectivity index (χ1v) is 9.27. The third-order valence-electron chi connectivity index (χ3n) is 3.93. The number of hydrogen-bond donors (Lipinski definition) is 1. The Labute approximate surface area is 164 Å². The molecular weight excluding hydrogens is 366 g/mol. The predicted molar refractivity (Wildman–Crippen MR) is 107 cm³/mol. The van der Waals surface area contributed by atoms with Crippen molar-refractivity contribution < 1.29 is 14.3 Å². The smallest absolute Gasteiger partial charge is 0.257 e. The van der Waals surface area contributed by atoms with Crippen LogP contribution in [0.2, 0.25) is 5.02 Å². The number of anilines is 1. The molecule has 0 atom stereocenters. The summed E-state index contributed by atoms with van der Waals surface area (Å²) in [5.41, 5.74) is 1.13. The summed E-state index contributed by atoms with van der Waals surface area (Å²) in [6.45, 7) is 5.39. The number of aromatic nitrogens is 1. The number of nitrogens with zero attached hydrogens (tertiary/aromatic N) is 2. The zero-order valence-electron chi connectivity index (χ0n) is 15.8. The number of ether oxygens (including phenoxy) is 1. The average molecular weight is 390 g/mol. The van der Waals surface area contributed by atoms with Crippen molar-refractivity contribution >= 4 is 29.1 Å². The second-order valence-electron chi connectivity index (χ2n) is 6.05. The minimum absolute atomic E-state index is 0.124. The van der Waals surface area contributed by atoms with Crippen LogP contribution >= 0.6 is 11.6 Å². The fraction of sp³-hybridized carbons (Fsp3) is 0.350. The van der Waals surface area contributed by atoms with Crippen molar-refractivity contribution in [2.24, 2.45) is 0 Å². The Morgan fingerprint density at radius 2 is 1.78 bits per heavy atom. The van der Waals surface area contributed by atoms with Gasteiger partial charge in [0.15, 0.2) is 0 Å². The quantitative estimate of drug-likeness (QED) is 0.732. The highest BCUT2D eigenvalue weighted by atomic mass is 35.5. The molecule has 0 radical (unpaired) electrons. The highest BCUT2D eigenvalue weighted by Crippen LogP contribution is 2.28. The highest BCUT2D eigenvalue weighted by molar-refractivity contribution is 6.31. The van der Waals surface area contributed by atoms with Gasteiger partial charge in [-0.25, -0.2) is 0 Å². The number of hydrogen-bond acceptors (Lipinski definition) is 4. The summed E-state index contributed by atoms with van der Waals surface area (Å²) in [5, 5.41) is 3.23. The lowest BCUT2D eigenvalue weighted by Crippen LogP contribution is -2.32. The van der Waals surface area contributed by atoms with E-state index >= 15 is 0 Å². The van der Waals surface area contributed by atoms with Gasteiger partial charge in [0.2, 0.25) is 0 Å². The topological polar surface area (TPSA) is 71.5 Å². The maximum absolute atomic E-state index is 12.7.